The number of hydrogen-bond acceptors (Lipinski definition) is 1. The fourth-order valence-corrected chi connectivity index (χ4v) is 1.76. The van der Waals surface area contributed by atoms with E-state index in [1.807, 2.05) is 0 Å². The molecule has 1 N–H and O–H groups in total. The summed E-state index contributed by atoms with van der Waals surface area (Å²) in [7, 11) is 0. The monoisotopic (exact) mass is 238 g/mol. The Morgan fingerprint density at radius 2 is 1.92 bits per heavy atom. The SMILES string of the molecule is CC(O)C(Cl)c1ccc(Cl)cc1Cl. The topological polar surface area (TPSA) is 20.2 Å². The van der Waals surface area contributed by atoms with Crippen LogP contribution in [0.4, 0.5) is 0 Å². The highest BCUT2D eigenvalue weighted by Crippen LogP contribution is 2.32. The first kappa shape index (κ1) is 11.1. The average molecular weight is 240 g/mol. The summed E-state index contributed by atoms with van der Waals surface area (Å²) in [4.78, 5) is 0. The molecule has 4 heteroatoms. The number of hydrogen-bond donors (Lipinski definition) is 1. The van der Waals surface area contributed by atoms with Crippen molar-refractivity contribution in [3.8, 4) is 0 Å². The Morgan fingerprint density at radius 1 is 1.31 bits per heavy atom. The van der Waals surface area contributed by atoms with Gasteiger partial charge in [0.25, 0.3) is 0 Å². The number of benzene rings is 1. The molecule has 13 heavy (non-hydrogen) atoms. The lowest BCUT2D eigenvalue weighted by Gasteiger charge is -2.14. The average Bonchev–Trinajstić information content (AvgIpc) is 2.03. The van der Waals surface area contributed by atoms with Gasteiger partial charge in [-0.2, -0.15) is 0 Å². The molecule has 0 aliphatic heterocycles. The van der Waals surface area contributed by atoms with Crippen LogP contribution < -0.4 is 0 Å². The van der Waals surface area contributed by atoms with Crippen LogP contribution in [-0.2, 0) is 0 Å². The summed E-state index contributed by atoms with van der Waals surface area (Å²) >= 11 is 17.5. The molecular formula is C9H9Cl3O. The Labute approximate surface area is 92.2 Å². The molecule has 0 radical (unpaired) electrons. The molecule has 0 saturated heterocycles. The molecule has 0 heterocycles. The predicted octanol–water partition coefficient (Wildman–Crippen LogP) is 3.65. The Bertz CT molecular complexity index is 299. The normalized spacial score (nSPS) is 15.5. The Kier molecular flexibility index (Phi) is 3.87. The quantitative estimate of drug-likeness (QED) is 0.781. The first-order valence-corrected chi connectivity index (χ1v) is 4.98. The predicted molar refractivity (Wildman–Crippen MR) is 56.7 cm³/mol. The van der Waals surface area contributed by atoms with Crippen molar-refractivity contribution in [1.82, 2.24) is 0 Å². The van der Waals surface area contributed by atoms with E-state index < -0.39 is 11.5 Å². The molecule has 72 valence electrons. The van der Waals surface area contributed by atoms with Gasteiger partial charge in [-0.25, -0.2) is 0 Å². The van der Waals surface area contributed by atoms with Crippen LogP contribution in [0.3, 0.4) is 0 Å². The van der Waals surface area contributed by atoms with E-state index >= 15 is 0 Å². The van der Waals surface area contributed by atoms with Crippen molar-refractivity contribution in [2.45, 2.75) is 18.4 Å². The summed E-state index contributed by atoms with van der Waals surface area (Å²) in [6, 6.07) is 5.02. The van der Waals surface area contributed by atoms with E-state index in [0.717, 1.165) is 0 Å². The minimum Gasteiger partial charge on any atom is -0.392 e. The lowest BCUT2D eigenvalue weighted by atomic mass is 10.1. The third kappa shape index (κ3) is 2.75. The van der Waals surface area contributed by atoms with E-state index in [0.29, 0.717) is 15.6 Å². The van der Waals surface area contributed by atoms with Crippen molar-refractivity contribution >= 4 is 34.8 Å². The van der Waals surface area contributed by atoms with Crippen LogP contribution in [0.2, 0.25) is 10.0 Å². The second-order valence-corrected chi connectivity index (χ2v) is 4.12. The van der Waals surface area contributed by atoms with Gasteiger partial charge in [-0.3, -0.25) is 0 Å². The molecule has 0 spiro atoms. The zero-order chi connectivity index (χ0) is 10.0. The van der Waals surface area contributed by atoms with Gasteiger partial charge in [0.05, 0.1) is 11.5 Å². The van der Waals surface area contributed by atoms with Gasteiger partial charge in [-0.1, -0.05) is 29.3 Å². The molecule has 1 aromatic rings. The molecule has 0 aliphatic rings. The van der Waals surface area contributed by atoms with E-state index in [-0.39, 0.29) is 0 Å². The zero-order valence-corrected chi connectivity index (χ0v) is 9.24. The second kappa shape index (κ2) is 4.52. The smallest absolute Gasteiger partial charge is 0.0856 e. The molecule has 0 aromatic heterocycles. The molecule has 1 rings (SSSR count). The summed E-state index contributed by atoms with van der Waals surface area (Å²) in [6.07, 6.45) is -0.639. The van der Waals surface area contributed by atoms with Gasteiger partial charge in [0, 0.05) is 10.0 Å². The van der Waals surface area contributed by atoms with Gasteiger partial charge in [0.15, 0.2) is 0 Å². The van der Waals surface area contributed by atoms with Crippen LogP contribution in [0.5, 0.6) is 0 Å². The van der Waals surface area contributed by atoms with Gasteiger partial charge in [0.1, 0.15) is 0 Å². The van der Waals surface area contributed by atoms with Gasteiger partial charge in [-0.15, -0.1) is 11.6 Å². The van der Waals surface area contributed by atoms with Crippen LogP contribution >= 0.6 is 34.8 Å². The van der Waals surface area contributed by atoms with Crippen LogP contribution in [0.1, 0.15) is 17.9 Å². The lowest BCUT2D eigenvalue weighted by Crippen LogP contribution is -2.08. The minimum atomic E-state index is -0.639. The van der Waals surface area contributed by atoms with E-state index in [2.05, 4.69) is 0 Å². The number of aliphatic hydroxyl groups excluding tert-OH is 1. The lowest BCUT2D eigenvalue weighted by molar-refractivity contribution is 0.190. The molecular weight excluding hydrogens is 230 g/mol. The summed E-state index contributed by atoms with van der Waals surface area (Å²) in [5.74, 6) is 0. The first-order valence-electron chi connectivity index (χ1n) is 3.79. The number of halogens is 3. The third-order valence-electron chi connectivity index (χ3n) is 1.68. The molecule has 1 aromatic carbocycles. The minimum absolute atomic E-state index is 0.480. The van der Waals surface area contributed by atoms with Crippen molar-refractivity contribution in [3.05, 3.63) is 33.8 Å². The highest BCUT2D eigenvalue weighted by molar-refractivity contribution is 6.35. The van der Waals surface area contributed by atoms with Crippen molar-refractivity contribution in [1.29, 1.82) is 0 Å². The Morgan fingerprint density at radius 3 is 2.38 bits per heavy atom. The number of alkyl halides is 1. The zero-order valence-electron chi connectivity index (χ0n) is 6.97. The van der Waals surface area contributed by atoms with Gasteiger partial charge in [0.2, 0.25) is 0 Å². The van der Waals surface area contributed by atoms with Crippen LogP contribution in [0.15, 0.2) is 18.2 Å². The van der Waals surface area contributed by atoms with Crippen molar-refractivity contribution in [2.24, 2.45) is 0 Å². The molecule has 2 unspecified atom stereocenters. The molecule has 0 amide bonds. The summed E-state index contributed by atoms with van der Waals surface area (Å²) in [6.45, 7) is 1.61. The van der Waals surface area contributed by atoms with Gasteiger partial charge >= 0.3 is 0 Å². The fraction of sp³-hybridized carbons (Fsp3) is 0.333. The highest BCUT2D eigenvalue weighted by atomic mass is 35.5. The molecule has 1 nitrogen and oxygen atoms in total. The van der Waals surface area contributed by atoms with Crippen molar-refractivity contribution < 1.29 is 5.11 Å². The molecule has 0 bridgehead atoms. The highest BCUT2D eigenvalue weighted by Gasteiger charge is 2.16. The molecule has 0 aliphatic carbocycles. The largest absolute Gasteiger partial charge is 0.392 e. The molecule has 2 atom stereocenters. The maximum absolute atomic E-state index is 9.24. The van der Waals surface area contributed by atoms with E-state index in [1.54, 1.807) is 25.1 Å². The van der Waals surface area contributed by atoms with Gasteiger partial charge in [-0.05, 0) is 24.6 Å². The van der Waals surface area contributed by atoms with Crippen molar-refractivity contribution in [2.75, 3.05) is 0 Å². The van der Waals surface area contributed by atoms with Gasteiger partial charge < -0.3 is 5.11 Å². The van der Waals surface area contributed by atoms with E-state index in [4.69, 9.17) is 34.8 Å². The van der Waals surface area contributed by atoms with Crippen LogP contribution in [0, 0.1) is 0 Å². The summed E-state index contributed by atoms with van der Waals surface area (Å²) in [5.41, 5.74) is 0.697. The number of rotatable bonds is 2. The Balaban J connectivity index is 3.01. The maximum atomic E-state index is 9.24. The summed E-state index contributed by atoms with van der Waals surface area (Å²) in [5, 5.41) is 9.79. The number of aliphatic hydroxyl groups is 1. The van der Waals surface area contributed by atoms with Crippen LogP contribution in [-0.4, -0.2) is 11.2 Å². The third-order valence-corrected chi connectivity index (χ3v) is 2.85. The van der Waals surface area contributed by atoms with E-state index in [9.17, 15) is 5.11 Å². The Hall–Kier alpha value is 0.0500. The van der Waals surface area contributed by atoms with Crippen LogP contribution in [0.25, 0.3) is 0 Å². The maximum Gasteiger partial charge on any atom is 0.0856 e. The standard InChI is InChI=1S/C9H9Cl3O/c1-5(13)9(12)7-3-2-6(10)4-8(7)11/h2-5,9,13H,1H3. The molecule has 0 saturated carbocycles. The van der Waals surface area contributed by atoms with Crippen molar-refractivity contribution in [3.63, 3.8) is 0 Å². The first-order chi connectivity index (χ1) is 6.02. The molecule has 0 fully saturated rings. The fourth-order valence-electron chi connectivity index (χ4n) is 0.985. The van der Waals surface area contributed by atoms with E-state index in [1.165, 1.54) is 0 Å². The summed E-state index contributed by atoms with van der Waals surface area (Å²) < 4.78 is 0. The second-order valence-electron chi connectivity index (χ2n) is 2.81.